The number of nitrogens with zero attached hydrogens (tertiary/aromatic N) is 3. The molecule has 1 N–H and O–H groups in total. The van der Waals surface area contributed by atoms with Gasteiger partial charge in [-0.15, -0.1) is 0 Å². The maximum atomic E-state index is 12.7. The van der Waals surface area contributed by atoms with Crippen LogP contribution >= 0.6 is 0 Å². The molecule has 0 spiro atoms. The molecule has 2 atom stereocenters. The van der Waals surface area contributed by atoms with Crippen LogP contribution in [0.4, 0.5) is 4.79 Å². The third kappa shape index (κ3) is 3.34. The van der Waals surface area contributed by atoms with E-state index in [1.165, 1.54) is 12.8 Å². The van der Waals surface area contributed by atoms with Gasteiger partial charge in [-0.05, 0) is 43.4 Å². The number of carbonyl (C=O) groups is 2. The Morgan fingerprint density at radius 1 is 1.12 bits per heavy atom. The molecule has 6 heteroatoms. The Morgan fingerprint density at radius 3 is 2.64 bits per heavy atom. The van der Waals surface area contributed by atoms with E-state index in [0.717, 1.165) is 37.8 Å². The number of amides is 3. The quantitative estimate of drug-likeness (QED) is 0.917. The van der Waals surface area contributed by atoms with Crippen LogP contribution in [0.1, 0.15) is 50.5 Å². The molecular formula is C19H26N4O2. The Bertz CT molecular complexity index is 630. The van der Waals surface area contributed by atoms with E-state index in [-0.39, 0.29) is 24.0 Å². The fourth-order valence-corrected chi connectivity index (χ4v) is 4.62. The zero-order valence-corrected chi connectivity index (χ0v) is 14.6. The third-order valence-electron chi connectivity index (χ3n) is 5.93. The van der Waals surface area contributed by atoms with Crippen molar-refractivity contribution in [2.45, 2.75) is 69.6 Å². The van der Waals surface area contributed by atoms with Gasteiger partial charge in [0.2, 0.25) is 5.91 Å². The smallest absolute Gasteiger partial charge is 0.317 e. The van der Waals surface area contributed by atoms with Crippen molar-refractivity contribution in [1.82, 2.24) is 20.1 Å². The number of urea groups is 1. The highest BCUT2D eigenvalue weighted by molar-refractivity contribution is 5.80. The molecule has 2 saturated heterocycles. The molecule has 0 radical (unpaired) electrons. The van der Waals surface area contributed by atoms with Gasteiger partial charge in [0.05, 0.1) is 12.1 Å². The van der Waals surface area contributed by atoms with E-state index < -0.39 is 0 Å². The van der Waals surface area contributed by atoms with Crippen molar-refractivity contribution in [1.29, 1.82) is 0 Å². The minimum atomic E-state index is 0.0672. The third-order valence-corrected chi connectivity index (χ3v) is 5.93. The highest BCUT2D eigenvalue weighted by Gasteiger charge is 2.45. The topological polar surface area (TPSA) is 65.5 Å². The Hall–Kier alpha value is -2.11. The maximum absolute atomic E-state index is 12.7. The number of nitrogens with one attached hydrogen (secondary N) is 1. The standard InChI is InChI=1S/C19H26N4O2/c24-18-6-5-16-17(23(18)13-14-7-10-20-11-8-14)9-12-22(16)19(25)21-15-3-1-2-4-15/h7-8,10-11,15-17H,1-6,9,12-13H2,(H,21,25)/t16-,17-/m1/s1. The highest BCUT2D eigenvalue weighted by Crippen LogP contribution is 2.32. The molecule has 3 heterocycles. The summed E-state index contributed by atoms with van der Waals surface area (Å²) in [7, 11) is 0. The van der Waals surface area contributed by atoms with Gasteiger partial charge in [0.1, 0.15) is 0 Å². The van der Waals surface area contributed by atoms with Gasteiger partial charge in [-0.1, -0.05) is 12.8 Å². The first-order chi connectivity index (χ1) is 12.2. The first-order valence-electron chi connectivity index (χ1n) is 9.48. The fourth-order valence-electron chi connectivity index (χ4n) is 4.62. The van der Waals surface area contributed by atoms with E-state index >= 15 is 0 Å². The lowest BCUT2D eigenvalue weighted by molar-refractivity contribution is -0.138. The number of hydrogen-bond acceptors (Lipinski definition) is 3. The van der Waals surface area contributed by atoms with Gasteiger partial charge >= 0.3 is 6.03 Å². The summed E-state index contributed by atoms with van der Waals surface area (Å²) in [4.78, 5) is 33.2. The SMILES string of the molecule is O=C1CC[C@@H]2[C@@H](CCN2C(=O)NC2CCCC2)N1Cc1ccncc1. The van der Waals surface area contributed by atoms with Crippen molar-refractivity contribution < 1.29 is 9.59 Å². The summed E-state index contributed by atoms with van der Waals surface area (Å²) < 4.78 is 0. The molecular weight excluding hydrogens is 316 g/mol. The lowest BCUT2D eigenvalue weighted by Gasteiger charge is -2.40. The average molecular weight is 342 g/mol. The van der Waals surface area contributed by atoms with E-state index in [4.69, 9.17) is 0 Å². The van der Waals surface area contributed by atoms with Crippen LogP contribution in [0.5, 0.6) is 0 Å². The molecule has 134 valence electrons. The van der Waals surface area contributed by atoms with Crippen molar-refractivity contribution in [3.05, 3.63) is 30.1 Å². The number of hydrogen-bond donors (Lipinski definition) is 1. The van der Waals surface area contributed by atoms with Gasteiger partial charge in [0.15, 0.2) is 0 Å². The maximum Gasteiger partial charge on any atom is 0.317 e. The van der Waals surface area contributed by atoms with Gasteiger partial charge in [-0.3, -0.25) is 9.78 Å². The largest absolute Gasteiger partial charge is 0.335 e. The Kier molecular flexibility index (Phi) is 4.59. The summed E-state index contributed by atoms with van der Waals surface area (Å²) >= 11 is 0. The Morgan fingerprint density at radius 2 is 1.88 bits per heavy atom. The van der Waals surface area contributed by atoms with Crippen molar-refractivity contribution in [2.24, 2.45) is 0 Å². The van der Waals surface area contributed by atoms with Crippen LogP contribution in [-0.4, -0.2) is 51.4 Å². The van der Waals surface area contributed by atoms with E-state index in [1.54, 1.807) is 12.4 Å². The molecule has 3 aliphatic rings. The zero-order chi connectivity index (χ0) is 17.2. The normalized spacial score (nSPS) is 26.8. The molecule has 25 heavy (non-hydrogen) atoms. The molecule has 1 aliphatic carbocycles. The van der Waals surface area contributed by atoms with Crippen LogP contribution in [0.15, 0.2) is 24.5 Å². The van der Waals surface area contributed by atoms with Crippen molar-refractivity contribution in [3.63, 3.8) is 0 Å². The molecule has 6 nitrogen and oxygen atoms in total. The Balaban J connectivity index is 1.44. The zero-order valence-electron chi connectivity index (χ0n) is 14.6. The van der Waals surface area contributed by atoms with Gasteiger partial charge in [0, 0.05) is 37.9 Å². The first-order valence-corrected chi connectivity index (χ1v) is 9.48. The van der Waals surface area contributed by atoms with E-state index in [2.05, 4.69) is 10.3 Å². The van der Waals surface area contributed by atoms with E-state index in [1.807, 2.05) is 21.9 Å². The van der Waals surface area contributed by atoms with Gasteiger partial charge in [0.25, 0.3) is 0 Å². The molecule has 0 unspecified atom stereocenters. The molecule has 1 aromatic rings. The number of pyridine rings is 1. The lowest BCUT2D eigenvalue weighted by Crippen LogP contribution is -2.55. The van der Waals surface area contributed by atoms with Crippen molar-refractivity contribution in [3.8, 4) is 0 Å². The average Bonchev–Trinajstić information content (AvgIpc) is 3.28. The molecule has 1 saturated carbocycles. The van der Waals surface area contributed by atoms with Gasteiger partial charge < -0.3 is 15.1 Å². The number of fused-ring (bicyclic) bond motifs is 1. The number of rotatable bonds is 3. The summed E-state index contributed by atoms with van der Waals surface area (Å²) in [5, 5.41) is 3.20. The summed E-state index contributed by atoms with van der Waals surface area (Å²) in [6.45, 7) is 1.36. The molecule has 3 amide bonds. The van der Waals surface area contributed by atoms with Crippen molar-refractivity contribution >= 4 is 11.9 Å². The van der Waals surface area contributed by atoms with E-state index in [9.17, 15) is 9.59 Å². The van der Waals surface area contributed by atoms with Crippen LogP contribution in [0.2, 0.25) is 0 Å². The monoisotopic (exact) mass is 342 g/mol. The minimum absolute atomic E-state index is 0.0672. The summed E-state index contributed by atoms with van der Waals surface area (Å²) in [5.74, 6) is 0.205. The highest BCUT2D eigenvalue weighted by atomic mass is 16.2. The predicted octanol–water partition coefficient (Wildman–Crippen LogP) is 2.30. The van der Waals surface area contributed by atoms with Crippen LogP contribution in [0.3, 0.4) is 0 Å². The first kappa shape index (κ1) is 16.4. The Labute approximate surface area is 148 Å². The molecule has 0 bridgehead atoms. The molecule has 0 aromatic carbocycles. The van der Waals surface area contributed by atoms with E-state index in [0.29, 0.717) is 19.0 Å². The summed E-state index contributed by atoms with van der Waals surface area (Å²) in [5.41, 5.74) is 1.10. The second-order valence-corrected chi connectivity index (χ2v) is 7.46. The van der Waals surface area contributed by atoms with Crippen LogP contribution in [0.25, 0.3) is 0 Å². The molecule has 3 fully saturated rings. The van der Waals surface area contributed by atoms with Crippen LogP contribution < -0.4 is 5.32 Å². The number of aromatic nitrogens is 1. The fraction of sp³-hybridized carbons (Fsp3) is 0.632. The second-order valence-electron chi connectivity index (χ2n) is 7.46. The lowest BCUT2D eigenvalue weighted by atomic mass is 9.95. The van der Waals surface area contributed by atoms with Crippen LogP contribution in [-0.2, 0) is 11.3 Å². The summed E-state index contributed by atoms with van der Waals surface area (Å²) in [6.07, 6.45) is 10.3. The number of carbonyl (C=O) groups excluding carboxylic acids is 2. The molecule has 4 rings (SSSR count). The van der Waals surface area contributed by atoms with Crippen LogP contribution in [0, 0.1) is 0 Å². The van der Waals surface area contributed by atoms with Crippen molar-refractivity contribution in [2.75, 3.05) is 6.54 Å². The number of likely N-dealkylation sites (tertiary alicyclic amines) is 2. The predicted molar refractivity (Wildman–Crippen MR) is 93.7 cm³/mol. The van der Waals surface area contributed by atoms with Gasteiger partial charge in [-0.25, -0.2) is 4.79 Å². The minimum Gasteiger partial charge on any atom is -0.335 e. The molecule has 2 aliphatic heterocycles. The van der Waals surface area contributed by atoms with Gasteiger partial charge in [-0.2, -0.15) is 0 Å². The molecule has 1 aromatic heterocycles. The summed E-state index contributed by atoms with van der Waals surface area (Å²) in [6, 6.07) is 4.61. The second kappa shape index (κ2) is 7.02. The number of piperidine rings is 1.